The molecule has 3 N–H and O–H groups in total. The second-order valence-corrected chi connectivity index (χ2v) is 13.6. The summed E-state index contributed by atoms with van der Waals surface area (Å²) in [5.74, 6) is 1.82. The molecular weight excluding hydrogens is 556 g/mol. The van der Waals surface area contributed by atoms with E-state index in [1.165, 1.54) is 12.8 Å². The number of anilines is 1. The molecule has 1 amide bonds. The summed E-state index contributed by atoms with van der Waals surface area (Å²) in [6.45, 7) is 9.42. The summed E-state index contributed by atoms with van der Waals surface area (Å²) in [7, 11) is 0. The van der Waals surface area contributed by atoms with E-state index in [0.717, 1.165) is 50.8 Å². The number of hydrogen-bond acceptors (Lipinski definition) is 8. The standard InChI is InChI=1S/C34H46N6O4/c1-34(2,3)44-33(42)39-17-13-26(14-18-39)43-27-19-25(20-27)38-15-11-23(12-16-38)7-6-8-24-21-40-22-29(36-32(40)37-31(24)35)28-9-4-5-10-30(28)41/h4-6,8-10,21-23,25-27,41H,7,11-20H2,1-3H3,(H2,35,36,37)/b8-6+. The van der Waals surface area contributed by atoms with Gasteiger partial charge in [0.1, 0.15) is 17.2 Å². The number of hydrogen-bond donors (Lipinski definition) is 2. The summed E-state index contributed by atoms with van der Waals surface area (Å²) in [6.07, 6.45) is 15.9. The van der Waals surface area contributed by atoms with E-state index in [9.17, 15) is 9.90 Å². The van der Waals surface area contributed by atoms with Crippen molar-refractivity contribution in [2.75, 3.05) is 31.9 Å². The Labute approximate surface area is 259 Å². The lowest BCUT2D eigenvalue weighted by Gasteiger charge is -2.47. The Balaban J connectivity index is 0.912. The number of allylic oxidation sites excluding steroid dienone is 1. The van der Waals surface area contributed by atoms with Crippen LogP contribution in [0.15, 0.2) is 42.7 Å². The molecule has 3 fully saturated rings. The van der Waals surface area contributed by atoms with Crippen molar-refractivity contribution >= 4 is 23.8 Å². The topological polar surface area (TPSA) is 118 Å². The van der Waals surface area contributed by atoms with Crippen LogP contribution in [0, 0.1) is 5.92 Å². The number of nitrogens with two attached hydrogens (primary N) is 1. The first-order valence-corrected chi connectivity index (χ1v) is 16.1. The third-order valence-electron chi connectivity index (χ3n) is 9.17. The molecule has 0 spiro atoms. The number of carbonyl (C=O) groups excluding carboxylic acids is 1. The minimum absolute atomic E-state index is 0.189. The molecule has 2 aliphatic heterocycles. The third-order valence-corrected chi connectivity index (χ3v) is 9.17. The van der Waals surface area contributed by atoms with Gasteiger partial charge in [-0.25, -0.2) is 9.78 Å². The highest BCUT2D eigenvalue weighted by atomic mass is 16.6. The van der Waals surface area contributed by atoms with Crippen LogP contribution in [0.3, 0.4) is 0 Å². The predicted octanol–water partition coefficient (Wildman–Crippen LogP) is 5.75. The summed E-state index contributed by atoms with van der Waals surface area (Å²) in [5.41, 5.74) is 8.00. The Morgan fingerprint density at radius 1 is 1.02 bits per heavy atom. The summed E-state index contributed by atoms with van der Waals surface area (Å²) in [5, 5.41) is 10.2. The zero-order valence-corrected chi connectivity index (χ0v) is 26.2. The number of rotatable bonds is 7. The van der Waals surface area contributed by atoms with E-state index in [2.05, 4.69) is 27.0 Å². The number of imidazole rings is 1. The molecule has 2 saturated heterocycles. The second-order valence-electron chi connectivity index (χ2n) is 13.6. The Morgan fingerprint density at radius 3 is 2.45 bits per heavy atom. The highest BCUT2D eigenvalue weighted by Crippen LogP contribution is 2.34. The Hall–Kier alpha value is -3.63. The molecule has 0 unspecified atom stereocenters. The average Bonchev–Trinajstić information content (AvgIpc) is 3.37. The molecule has 0 bridgehead atoms. The van der Waals surface area contributed by atoms with Crippen LogP contribution < -0.4 is 5.73 Å². The van der Waals surface area contributed by atoms with Gasteiger partial charge in [-0.05, 0) is 96.9 Å². The van der Waals surface area contributed by atoms with Crippen molar-refractivity contribution in [3.05, 3.63) is 48.3 Å². The van der Waals surface area contributed by atoms with Crippen molar-refractivity contribution in [3.8, 4) is 17.0 Å². The van der Waals surface area contributed by atoms with E-state index >= 15 is 0 Å². The van der Waals surface area contributed by atoms with E-state index < -0.39 is 5.60 Å². The number of aromatic nitrogens is 3. The second kappa shape index (κ2) is 12.8. The van der Waals surface area contributed by atoms with Crippen LogP contribution in [0.25, 0.3) is 23.1 Å². The SMILES string of the molecule is CC(C)(C)OC(=O)N1CCC(OC2CC(N3CCC(C/C=C/c4cn5cc(-c6ccccc6O)nc5nc4N)CC3)C2)CC1. The maximum atomic E-state index is 12.3. The minimum Gasteiger partial charge on any atom is -0.507 e. The molecule has 10 heteroatoms. The van der Waals surface area contributed by atoms with E-state index in [0.29, 0.717) is 54.0 Å². The molecule has 3 aromatic rings. The van der Waals surface area contributed by atoms with Gasteiger partial charge in [0, 0.05) is 42.7 Å². The molecule has 1 aliphatic carbocycles. The lowest BCUT2D eigenvalue weighted by molar-refractivity contribution is -0.106. The van der Waals surface area contributed by atoms with Crippen LogP contribution >= 0.6 is 0 Å². The van der Waals surface area contributed by atoms with Gasteiger partial charge in [0.05, 0.1) is 17.9 Å². The first kappa shape index (κ1) is 30.4. The molecule has 2 aromatic heterocycles. The van der Waals surface area contributed by atoms with Gasteiger partial charge in [0.25, 0.3) is 0 Å². The largest absolute Gasteiger partial charge is 0.507 e. The fourth-order valence-electron chi connectivity index (χ4n) is 6.56. The number of piperidine rings is 2. The monoisotopic (exact) mass is 602 g/mol. The maximum absolute atomic E-state index is 12.3. The Bertz CT molecular complexity index is 1470. The number of aromatic hydroxyl groups is 1. The third kappa shape index (κ3) is 7.18. The van der Waals surface area contributed by atoms with E-state index in [-0.39, 0.29) is 17.9 Å². The number of amides is 1. The van der Waals surface area contributed by atoms with Gasteiger partial charge in [-0.2, -0.15) is 4.98 Å². The average molecular weight is 603 g/mol. The zero-order valence-electron chi connectivity index (χ0n) is 26.2. The van der Waals surface area contributed by atoms with Crippen molar-refractivity contribution in [2.45, 2.75) is 89.6 Å². The lowest BCUT2D eigenvalue weighted by atomic mass is 9.84. The van der Waals surface area contributed by atoms with Gasteiger partial charge < -0.3 is 30.1 Å². The Morgan fingerprint density at radius 2 is 1.75 bits per heavy atom. The molecule has 0 radical (unpaired) electrons. The van der Waals surface area contributed by atoms with E-state index in [1.807, 2.05) is 54.6 Å². The minimum atomic E-state index is -0.457. The number of benzene rings is 1. The van der Waals surface area contributed by atoms with Gasteiger partial charge in [-0.3, -0.25) is 4.40 Å². The highest BCUT2D eigenvalue weighted by molar-refractivity contribution is 5.70. The van der Waals surface area contributed by atoms with Gasteiger partial charge in [0.2, 0.25) is 5.78 Å². The molecule has 236 valence electrons. The number of fused-ring (bicyclic) bond motifs is 1. The Kier molecular flexibility index (Phi) is 8.82. The molecule has 44 heavy (non-hydrogen) atoms. The first-order valence-electron chi connectivity index (χ1n) is 16.1. The van der Waals surface area contributed by atoms with Crippen molar-refractivity contribution in [1.29, 1.82) is 0 Å². The number of nitrogens with zero attached hydrogens (tertiary/aromatic N) is 5. The van der Waals surface area contributed by atoms with Crippen LogP contribution in [0.5, 0.6) is 5.75 Å². The molecule has 3 aliphatic rings. The number of likely N-dealkylation sites (tertiary alicyclic amines) is 2. The number of ether oxygens (including phenoxy) is 2. The quantitative estimate of drug-likeness (QED) is 0.351. The summed E-state index contributed by atoms with van der Waals surface area (Å²) < 4.78 is 13.8. The fraction of sp³-hybridized carbons (Fsp3) is 0.559. The van der Waals surface area contributed by atoms with Crippen LogP contribution in [-0.4, -0.2) is 85.4 Å². The van der Waals surface area contributed by atoms with Crippen molar-refractivity contribution < 1.29 is 19.4 Å². The van der Waals surface area contributed by atoms with Crippen molar-refractivity contribution in [2.24, 2.45) is 5.92 Å². The highest BCUT2D eigenvalue weighted by Gasteiger charge is 2.38. The van der Waals surface area contributed by atoms with Gasteiger partial charge in [-0.15, -0.1) is 0 Å². The molecular formula is C34H46N6O4. The summed E-state index contributed by atoms with van der Waals surface area (Å²) >= 11 is 0. The molecule has 1 saturated carbocycles. The van der Waals surface area contributed by atoms with Gasteiger partial charge in [0.15, 0.2) is 0 Å². The van der Waals surface area contributed by atoms with Crippen LogP contribution in [0.2, 0.25) is 0 Å². The summed E-state index contributed by atoms with van der Waals surface area (Å²) in [4.78, 5) is 25.8. The lowest BCUT2D eigenvalue weighted by Crippen LogP contribution is -2.52. The normalized spacial score (nSPS) is 22.5. The number of nitrogen functional groups attached to an aromatic ring is 1. The molecule has 0 atom stereocenters. The van der Waals surface area contributed by atoms with E-state index in [4.69, 9.17) is 15.2 Å². The molecule has 4 heterocycles. The van der Waals surface area contributed by atoms with Crippen molar-refractivity contribution in [1.82, 2.24) is 24.2 Å². The van der Waals surface area contributed by atoms with Crippen molar-refractivity contribution in [3.63, 3.8) is 0 Å². The predicted molar refractivity (Wildman–Crippen MR) is 171 cm³/mol. The fourth-order valence-corrected chi connectivity index (χ4v) is 6.56. The van der Waals surface area contributed by atoms with Crippen LogP contribution in [0.4, 0.5) is 10.6 Å². The van der Waals surface area contributed by atoms with Crippen LogP contribution in [-0.2, 0) is 9.47 Å². The number of phenolic OH excluding ortho intramolecular Hbond substituents is 1. The maximum Gasteiger partial charge on any atom is 0.410 e. The van der Waals surface area contributed by atoms with Gasteiger partial charge >= 0.3 is 6.09 Å². The smallest absolute Gasteiger partial charge is 0.410 e. The molecule has 6 rings (SSSR count). The molecule has 10 nitrogen and oxygen atoms in total. The summed E-state index contributed by atoms with van der Waals surface area (Å²) in [6, 6.07) is 7.79. The first-order chi connectivity index (χ1) is 21.1. The zero-order chi connectivity index (χ0) is 30.8. The van der Waals surface area contributed by atoms with Crippen LogP contribution in [0.1, 0.15) is 71.3 Å². The van der Waals surface area contributed by atoms with E-state index in [1.54, 1.807) is 12.1 Å². The molecule has 1 aromatic carbocycles. The van der Waals surface area contributed by atoms with Gasteiger partial charge in [-0.1, -0.05) is 24.3 Å². The number of carbonyl (C=O) groups is 1. The number of para-hydroxylation sites is 1. The number of phenols is 1.